The molecule has 0 fully saturated rings. The Labute approximate surface area is 236 Å². The lowest BCUT2D eigenvalue weighted by Gasteiger charge is -2.10. The van der Waals surface area contributed by atoms with Gasteiger partial charge in [0.15, 0.2) is 5.78 Å². The van der Waals surface area contributed by atoms with E-state index in [9.17, 15) is 4.79 Å². The number of rotatable bonds is 22. The summed E-state index contributed by atoms with van der Waals surface area (Å²) in [7, 11) is 3.12. The molecule has 0 spiro atoms. The summed E-state index contributed by atoms with van der Waals surface area (Å²) in [5.74, 6) is 2.07. The van der Waals surface area contributed by atoms with Crippen molar-refractivity contribution in [1.82, 2.24) is 0 Å². The lowest BCUT2D eigenvalue weighted by molar-refractivity contribution is 0.104. The van der Waals surface area contributed by atoms with E-state index in [2.05, 4.69) is 31.2 Å². The topological polar surface area (TPSA) is 35.5 Å². The maximum Gasteiger partial charge on any atom is 0.193 e. The Morgan fingerprint density at radius 2 is 1.16 bits per heavy atom. The van der Waals surface area contributed by atoms with Gasteiger partial charge in [0.2, 0.25) is 0 Å². The Morgan fingerprint density at radius 3 is 1.63 bits per heavy atom. The van der Waals surface area contributed by atoms with Crippen molar-refractivity contribution >= 4 is 23.6 Å². The Balaban J connectivity index is 1.54. The molecule has 210 valence electrons. The third-order valence-corrected chi connectivity index (χ3v) is 8.10. The van der Waals surface area contributed by atoms with E-state index in [4.69, 9.17) is 9.47 Å². The first-order chi connectivity index (χ1) is 18.7. The minimum atomic E-state index is -0.133. The van der Waals surface area contributed by atoms with E-state index in [0.29, 0.717) is 17.1 Å². The lowest BCUT2D eigenvalue weighted by atomic mass is 10.0. The van der Waals surface area contributed by atoms with Crippen molar-refractivity contribution in [2.45, 2.75) is 108 Å². The zero-order valence-corrected chi connectivity index (χ0v) is 25.0. The quantitative estimate of drug-likeness (QED) is 0.0646. The number of allylic oxidation sites excluding steroid dienone is 1. The van der Waals surface area contributed by atoms with E-state index >= 15 is 0 Å². The first-order valence-electron chi connectivity index (χ1n) is 14.9. The zero-order valence-electron chi connectivity index (χ0n) is 24.1. The van der Waals surface area contributed by atoms with Gasteiger partial charge in [-0.1, -0.05) is 121 Å². The van der Waals surface area contributed by atoms with Crippen LogP contribution < -0.4 is 9.47 Å². The molecule has 2 rings (SSSR count). The molecule has 0 saturated carbocycles. The van der Waals surface area contributed by atoms with Crippen molar-refractivity contribution in [3.63, 3.8) is 0 Å². The summed E-state index contributed by atoms with van der Waals surface area (Å²) in [5.41, 5.74) is 1.45. The second-order valence-corrected chi connectivity index (χ2v) is 11.3. The first-order valence-corrected chi connectivity index (χ1v) is 15.8. The molecule has 0 N–H and O–H groups in total. The van der Waals surface area contributed by atoms with Crippen LogP contribution in [-0.2, 0) is 0 Å². The van der Waals surface area contributed by atoms with Gasteiger partial charge in [0.05, 0.1) is 14.2 Å². The summed E-state index contributed by atoms with van der Waals surface area (Å²) >= 11 is 1.92. The molecule has 0 radical (unpaired) electrons. The van der Waals surface area contributed by atoms with Gasteiger partial charge in [0, 0.05) is 4.90 Å². The van der Waals surface area contributed by atoms with Gasteiger partial charge in [-0.15, -0.1) is 11.8 Å². The molecule has 0 amide bonds. The number of ether oxygens (including phenoxy) is 2. The first kappa shape index (κ1) is 32.0. The third-order valence-electron chi connectivity index (χ3n) is 7.00. The predicted octanol–water partition coefficient (Wildman–Crippen LogP) is 10.6. The molecule has 0 aliphatic rings. The molecule has 0 atom stereocenters. The maximum atomic E-state index is 12.8. The van der Waals surface area contributed by atoms with Crippen molar-refractivity contribution < 1.29 is 14.3 Å². The van der Waals surface area contributed by atoms with Crippen LogP contribution in [0.1, 0.15) is 119 Å². The molecule has 3 nitrogen and oxygen atoms in total. The largest absolute Gasteiger partial charge is 0.496 e. The van der Waals surface area contributed by atoms with Gasteiger partial charge < -0.3 is 9.47 Å². The Bertz CT molecular complexity index is 898. The fourth-order valence-corrected chi connectivity index (χ4v) is 5.60. The normalized spacial score (nSPS) is 11.2. The molecule has 2 aromatic carbocycles. The summed E-state index contributed by atoms with van der Waals surface area (Å²) in [6.45, 7) is 2.29. The summed E-state index contributed by atoms with van der Waals surface area (Å²) in [6, 6.07) is 13.8. The highest BCUT2D eigenvalue weighted by molar-refractivity contribution is 7.99. The van der Waals surface area contributed by atoms with Crippen LogP contribution in [0.2, 0.25) is 0 Å². The number of methoxy groups -OCH3 is 2. The molecular formula is C34H50O3S. The molecular weight excluding hydrogens is 488 g/mol. The molecule has 2 aromatic rings. The highest BCUT2D eigenvalue weighted by Gasteiger charge is 2.15. The molecule has 0 aliphatic carbocycles. The average Bonchev–Trinajstić information content (AvgIpc) is 2.95. The van der Waals surface area contributed by atoms with Gasteiger partial charge in [-0.05, 0) is 48.1 Å². The molecule has 38 heavy (non-hydrogen) atoms. The van der Waals surface area contributed by atoms with Gasteiger partial charge in [-0.25, -0.2) is 0 Å². The molecule has 0 saturated heterocycles. The van der Waals surface area contributed by atoms with E-state index in [0.717, 1.165) is 5.56 Å². The standard InChI is InChI=1S/C34H50O3S/c1-4-5-6-7-8-9-10-11-12-13-14-15-16-17-18-28-38-30-25-22-29(23-26-30)24-27-31(35)34-32(36-2)20-19-21-33(34)37-3/h19-27H,4-18,28H2,1-3H3. The van der Waals surface area contributed by atoms with Crippen LogP contribution >= 0.6 is 11.8 Å². The third kappa shape index (κ3) is 13.0. The van der Waals surface area contributed by atoms with E-state index in [1.54, 1.807) is 32.4 Å². The molecule has 0 heterocycles. The van der Waals surface area contributed by atoms with Crippen molar-refractivity contribution in [2.75, 3.05) is 20.0 Å². The summed E-state index contributed by atoms with van der Waals surface area (Å²) in [5, 5.41) is 0. The van der Waals surface area contributed by atoms with Crippen LogP contribution in [0, 0.1) is 0 Å². The van der Waals surface area contributed by atoms with Gasteiger partial charge >= 0.3 is 0 Å². The van der Waals surface area contributed by atoms with Gasteiger partial charge in [0.1, 0.15) is 17.1 Å². The van der Waals surface area contributed by atoms with E-state index < -0.39 is 0 Å². The monoisotopic (exact) mass is 538 g/mol. The minimum absolute atomic E-state index is 0.133. The number of benzene rings is 2. The van der Waals surface area contributed by atoms with Crippen LogP contribution in [0.4, 0.5) is 0 Å². The molecule has 4 heteroatoms. The van der Waals surface area contributed by atoms with E-state index in [1.165, 1.54) is 107 Å². The number of carbonyl (C=O) groups is 1. The number of hydrogen-bond acceptors (Lipinski definition) is 4. The fourth-order valence-electron chi connectivity index (χ4n) is 4.69. The number of unbranched alkanes of at least 4 members (excludes halogenated alkanes) is 14. The van der Waals surface area contributed by atoms with Crippen LogP contribution in [0.5, 0.6) is 11.5 Å². The Hall–Kier alpha value is -2.20. The predicted molar refractivity (Wildman–Crippen MR) is 165 cm³/mol. The molecule has 0 aromatic heterocycles. The van der Waals surface area contributed by atoms with Crippen LogP contribution in [0.15, 0.2) is 53.4 Å². The second-order valence-electron chi connectivity index (χ2n) is 10.1. The zero-order chi connectivity index (χ0) is 27.3. The van der Waals surface area contributed by atoms with Crippen LogP contribution in [-0.4, -0.2) is 25.8 Å². The number of thioether (sulfide) groups is 1. The molecule has 0 bridgehead atoms. The van der Waals surface area contributed by atoms with Gasteiger partial charge in [0.25, 0.3) is 0 Å². The van der Waals surface area contributed by atoms with E-state index in [-0.39, 0.29) is 5.78 Å². The smallest absolute Gasteiger partial charge is 0.193 e. The van der Waals surface area contributed by atoms with Crippen molar-refractivity contribution in [1.29, 1.82) is 0 Å². The van der Waals surface area contributed by atoms with Gasteiger partial charge in [-0.2, -0.15) is 0 Å². The lowest BCUT2D eigenvalue weighted by Crippen LogP contribution is -2.02. The molecule has 0 aliphatic heterocycles. The SMILES string of the molecule is CCCCCCCCCCCCCCCCCSc1ccc(C=CC(=O)c2c(OC)cccc2OC)cc1. The highest BCUT2D eigenvalue weighted by Crippen LogP contribution is 2.29. The van der Waals surface area contributed by atoms with Gasteiger partial charge in [-0.3, -0.25) is 4.79 Å². The van der Waals surface area contributed by atoms with Crippen molar-refractivity contribution in [3.05, 3.63) is 59.7 Å². The number of carbonyl (C=O) groups excluding carboxylic acids is 1. The van der Waals surface area contributed by atoms with Crippen molar-refractivity contribution in [3.8, 4) is 11.5 Å². The van der Waals surface area contributed by atoms with Crippen molar-refractivity contribution in [2.24, 2.45) is 0 Å². The Kier molecular flexibility index (Phi) is 17.5. The second kappa shape index (κ2) is 20.7. The summed E-state index contributed by atoms with van der Waals surface area (Å²) in [6.07, 6.45) is 24.5. The highest BCUT2D eigenvalue weighted by atomic mass is 32.2. The number of ketones is 1. The summed E-state index contributed by atoms with van der Waals surface area (Å²) < 4.78 is 10.7. The molecule has 0 unspecified atom stereocenters. The van der Waals surface area contributed by atoms with Crippen LogP contribution in [0.25, 0.3) is 6.08 Å². The van der Waals surface area contributed by atoms with Crippen LogP contribution in [0.3, 0.4) is 0 Å². The fraction of sp³-hybridized carbons (Fsp3) is 0.559. The average molecular weight is 539 g/mol. The maximum absolute atomic E-state index is 12.8. The minimum Gasteiger partial charge on any atom is -0.496 e. The van der Waals surface area contributed by atoms with E-state index in [1.807, 2.05) is 23.9 Å². The number of hydrogen-bond donors (Lipinski definition) is 0. The Morgan fingerprint density at radius 1 is 0.684 bits per heavy atom. The summed E-state index contributed by atoms with van der Waals surface area (Å²) in [4.78, 5) is 14.1.